The van der Waals surface area contributed by atoms with Crippen LogP contribution >= 0.6 is 15.9 Å². The number of amides is 1. The number of hydrogen-bond donors (Lipinski definition) is 2. The lowest BCUT2D eigenvalue weighted by molar-refractivity contribution is -0.124. The van der Waals surface area contributed by atoms with E-state index < -0.39 is 0 Å². The van der Waals surface area contributed by atoms with Crippen molar-refractivity contribution in [1.82, 2.24) is 0 Å². The normalized spacial score (nSPS) is 17.5. The zero-order chi connectivity index (χ0) is 14.0. The first-order valence-electron chi connectivity index (χ1n) is 6.77. The van der Waals surface area contributed by atoms with Crippen molar-refractivity contribution >= 4 is 27.5 Å². The van der Waals surface area contributed by atoms with Crippen molar-refractivity contribution in [2.75, 3.05) is 11.9 Å². The SMILES string of the molecule is Cc1cc(C)c(NC(=O)C2(CN)CCCC2)c(Br)c1. The standard InChI is InChI=1S/C15H21BrN2O/c1-10-7-11(2)13(12(16)8-10)18-14(19)15(9-17)5-3-4-6-15/h7-8H,3-6,9,17H2,1-2H3,(H,18,19). The Bertz CT molecular complexity index is 470. The molecule has 1 saturated carbocycles. The van der Waals surface area contributed by atoms with Gasteiger partial charge in [0.1, 0.15) is 0 Å². The highest BCUT2D eigenvalue weighted by molar-refractivity contribution is 9.10. The van der Waals surface area contributed by atoms with E-state index in [1.165, 1.54) is 5.56 Å². The molecule has 0 unspecified atom stereocenters. The third kappa shape index (κ3) is 2.84. The number of benzene rings is 1. The molecule has 2 rings (SSSR count). The van der Waals surface area contributed by atoms with Gasteiger partial charge in [0.2, 0.25) is 5.91 Å². The molecular weight excluding hydrogens is 304 g/mol. The Labute approximate surface area is 123 Å². The molecule has 0 bridgehead atoms. The minimum Gasteiger partial charge on any atom is -0.329 e. The van der Waals surface area contributed by atoms with Crippen LogP contribution in [0.5, 0.6) is 0 Å². The molecule has 1 aromatic rings. The Morgan fingerprint density at radius 3 is 2.53 bits per heavy atom. The molecule has 1 aliphatic rings. The van der Waals surface area contributed by atoms with E-state index in [0.717, 1.165) is 41.4 Å². The van der Waals surface area contributed by atoms with Gasteiger partial charge in [0.15, 0.2) is 0 Å². The maximum absolute atomic E-state index is 12.5. The maximum Gasteiger partial charge on any atom is 0.231 e. The van der Waals surface area contributed by atoms with Gasteiger partial charge in [0, 0.05) is 11.0 Å². The Morgan fingerprint density at radius 1 is 1.37 bits per heavy atom. The first-order chi connectivity index (χ1) is 8.98. The molecule has 0 aliphatic heterocycles. The Balaban J connectivity index is 2.24. The zero-order valence-corrected chi connectivity index (χ0v) is 13.1. The van der Waals surface area contributed by atoms with E-state index in [1.54, 1.807) is 0 Å². The van der Waals surface area contributed by atoms with Crippen LogP contribution in [0.25, 0.3) is 0 Å². The van der Waals surface area contributed by atoms with Gasteiger partial charge in [-0.25, -0.2) is 0 Å². The summed E-state index contributed by atoms with van der Waals surface area (Å²) in [5.41, 5.74) is 8.61. The van der Waals surface area contributed by atoms with Crippen LogP contribution in [0.4, 0.5) is 5.69 Å². The second-order valence-electron chi connectivity index (χ2n) is 5.58. The highest BCUT2D eigenvalue weighted by atomic mass is 79.9. The zero-order valence-electron chi connectivity index (χ0n) is 11.6. The molecular formula is C15H21BrN2O. The maximum atomic E-state index is 12.5. The average Bonchev–Trinajstić information content (AvgIpc) is 2.83. The molecule has 0 spiro atoms. The van der Waals surface area contributed by atoms with E-state index >= 15 is 0 Å². The molecule has 0 heterocycles. The van der Waals surface area contributed by atoms with Gasteiger partial charge in [0.05, 0.1) is 11.1 Å². The number of aryl methyl sites for hydroxylation is 2. The van der Waals surface area contributed by atoms with Crippen molar-refractivity contribution in [3.05, 3.63) is 27.7 Å². The fraction of sp³-hybridized carbons (Fsp3) is 0.533. The van der Waals surface area contributed by atoms with Gasteiger partial charge in [-0.1, -0.05) is 18.9 Å². The quantitative estimate of drug-likeness (QED) is 0.893. The van der Waals surface area contributed by atoms with Crippen molar-refractivity contribution in [2.45, 2.75) is 39.5 Å². The molecule has 3 nitrogen and oxygen atoms in total. The molecule has 1 fully saturated rings. The number of hydrogen-bond acceptors (Lipinski definition) is 2. The molecule has 19 heavy (non-hydrogen) atoms. The third-order valence-electron chi connectivity index (χ3n) is 4.10. The smallest absolute Gasteiger partial charge is 0.231 e. The number of nitrogens with two attached hydrogens (primary N) is 1. The van der Waals surface area contributed by atoms with Gasteiger partial charge in [-0.15, -0.1) is 0 Å². The molecule has 0 atom stereocenters. The average molecular weight is 325 g/mol. The summed E-state index contributed by atoms with van der Waals surface area (Å²) in [5.74, 6) is 0.0696. The lowest BCUT2D eigenvalue weighted by Gasteiger charge is -2.26. The summed E-state index contributed by atoms with van der Waals surface area (Å²) in [6.07, 6.45) is 3.99. The van der Waals surface area contributed by atoms with Crippen molar-refractivity contribution in [2.24, 2.45) is 11.1 Å². The number of carbonyl (C=O) groups excluding carboxylic acids is 1. The molecule has 3 N–H and O–H groups in total. The summed E-state index contributed by atoms with van der Waals surface area (Å²) in [5, 5.41) is 3.07. The summed E-state index contributed by atoms with van der Waals surface area (Å²) in [6, 6.07) is 4.09. The minimum absolute atomic E-state index is 0.0696. The van der Waals surface area contributed by atoms with E-state index in [2.05, 4.69) is 27.3 Å². The van der Waals surface area contributed by atoms with E-state index in [-0.39, 0.29) is 11.3 Å². The van der Waals surface area contributed by atoms with Crippen molar-refractivity contribution in [3.8, 4) is 0 Å². The largest absolute Gasteiger partial charge is 0.329 e. The Hall–Kier alpha value is -0.870. The second kappa shape index (κ2) is 5.63. The lowest BCUT2D eigenvalue weighted by atomic mass is 9.85. The number of halogens is 1. The van der Waals surface area contributed by atoms with Crippen molar-refractivity contribution < 1.29 is 4.79 Å². The van der Waals surface area contributed by atoms with Gasteiger partial charge in [-0.2, -0.15) is 0 Å². The van der Waals surface area contributed by atoms with Gasteiger partial charge >= 0.3 is 0 Å². The first-order valence-corrected chi connectivity index (χ1v) is 7.56. The van der Waals surface area contributed by atoms with Crippen LogP contribution in [0.3, 0.4) is 0 Å². The number of rotatable bonds is 3. The highest BCUT2D eigenvalue weighted by Crippen LogP contribution is 2.39. The van der Waals surface area contributed by atoms with Gasteiger partial charge in [-0.3, -0.25) is 4.79 Å². The fourth-order valence-electron chi connectivity index (χ4n) is 2.90. The molecule has 1 amide bonds. The van der Waals surface area contributed by atoms with E-state index in [4.69, 9.17) is 5.73 Å². The van der Waals surface area contributed by atoms with Crippen LogP contribution in [0, 0.1) is 19.3 Å². The van der Waals surface area contributed by atoms with Crippen LogP contribution in [0.2, 0.25) is 0 Å². The van der Waals surface area contributed by atoms with Gasteiger partial charge in [-0.05, 0) is 59.8 Å². The molecule has 0 saturated heterocycles. The molecule has 0 aromatic heterocycles. The first kappa shape index (κ1) is 14.5. The number of carbonyl (C=O) groups is 1. The van der Waals surface area contributed by atoms with Crippen molar-refractivity contribution in [3.63, 3.8) is 0 Å². The van der Waals surface area contributed by atoms with E-state index in [1.807, 2.05) is 19.9 Å². The second-order valence-corrected chi connectivity index (χ2v) is 6.44. The van der Waals surface area contributed by atoms with Crippen LogP contribution in [0.1, 0.15) is 36.8 Å². The Kier molecular flexibility index (Phi) is 4.31. The van der Waals surface area contributed by atoms with E-state index in [9.17, 15) is 4.79 Å². The van der Waals surface area contributed by atoms with E-state index in [0.29, 0.717) is 6.54 Å². The predicted octanol–water partition coefficient (Wildman–Crippen LogP) is 3.52. The van der Waals surface area contributed by atoms with Gasteiger partial charge in [0.25, 0.3) is 0 Å². The predicted molar refractivity (Wildman–Crippen MR) is 82.2 cm³/mol. The van der Waals surface area contributed by atoms with Crippen LogP contribution < -0.4 is 11.1 Å². The van der Waals surface area contributed by atoms with Crippen LogP contribution in [-0.4, -0.2) is 12.5 Å². The van der Waals surface area contributed by atoms with Crippen LogP contribution in [0.15, 0.2) is 16.6 Å². The summed E-state index contributed by atoms with van der Waals surface area (Å²) in [6.45, 7) is 4.49. The summed E-state index contributed by atoms with van der Waals surface area (Å²) in [4.78, 5) is 12.5. The lowest BCUT2D eigenvalue weighted by Crippen LogP contribution is -2.40. The molecule has 1 aliphatic carbocycles. The molecule has 1 aromatic carbocycles. The molecule has 104 valence electrons. The topological polar surface area (TPSA) is 55.1 Å². The number of nitrogens with one attached hydrogen (secondary N) is 1. The summed E-state index contributed by atoms with van der Waals surface area (Å²) < 4.78 is 0.934. The highest BCUT2D eigenvalue weighted by Gasteiger charge is 2.40. The molecule has 0 radical (unpaired) electrons. The summed E-state index contributed by atoms with van der Waals surface area (Å²) >= 11 is 3.53. The van der Waals surface area contributed by atoms with Crippen LogP contribution in [-0.2, 0) is 4.79 Å². The van der Waals surface area contributed by atoms with Gasteiger partial charge < -0.3 is 11.1 Å². The van der Waals surface area contributed by atoms with Crippen molar-refractivity contribution in [1.29, 1.82) is 0 Å². The molecule has 4 heteroatoms. The third-order valence-corrected chi connectivity index (χ3v) is 4.73. The number of anilines is 1. The minimum atomic E-state index is -0.364. The summed E-state index contributed by atoms with van der Waals surface area (Å²) in [7, 11) is 0. The Morgan fingerprint density at radius 2 is 2.00 bits per heavy atom. The monoisotopic (exact) mass is 324 g/mol. The fourth-order valence-corrected chi connectivity index (χ4v) is 3.67.